The smallest absolute Gasteiger partial charge is 0.338 e. The average molecular weight is 322 g/mol. The summed E-state index contributed by atoms with van der Waals surface area (Å²) in [5.41, 5.74) is 1.61. The zero-order valence-electron chi connectivity index (χ0n) is 10.9. The molecule has 1 aromatic carbocycles. The second kappa shape index (κ2) is 5.35. The predicted octanol–water partition coefficient (Wildman–Crippen LogP) is 3.49. The summed E-state index contributed by atoms with van der Waals surface area (Å²) in [7, 11) is 1.33. The molecule has 0 aliphatic heterocycles. The van der Waals surface area contributed by atoms with Crippen molar-refractivity contribution < 1.29 is 9.53 Å². The lowest BCUT2D eigenvalue weighted by Crippen LogP contribution is -2.02. The van der Waals surface area contributed by atoms with E-state index < -0.39 is 5.97 Å². The summed E-state index contributed by atoms with van der Waals surface area (Å²) in [6.45, 7) is 0. The van der Waals surface area contributed by atoms with Crippen molar-refractivity contribution in [2.75, 3.05) is 7.11 Å². The number of carbonyl (C=O) groups excluding carboxylic acids is 1. The maximum atomic E-state index is 11.5. The van der Waals surface area contributed by atoms with Crippen molar-refractivity contribution in [3.63, 3.8) is 0 Å². The number of ether oxygens (including phenoxy) is 1. The van der Waals surface area contributed by atoms with E-state index in [1.165, 1.54) is 7.11 Å². The van der Waals surface area contributed by atoms with Crippen molar-refractivity contribution >= 4 is 34.8 Å². The van der Waals surface area contributed by atoms with Gasteiger partial charge in [0.15, 0.2) is 11.5 Å². The number of rotatable bonds is 2. The van der Waals surface area contributed by atoms with Crippen LogP contribution >= 0.6 is 23.2 Å². The van der Waals surface area contributed by atoms with Gasteiger partial charge in [-0.1, -0.05) is 23.2 Å². The van der Waals surface area contributed by atoms with E-state index in [2.05, 4.69) is 14.8 Å². The van der Waals surface area contributed by atoms with Gasteiger partial charge in [0.1, 0.15) is 0 Å². The third-order valence-corrected chi connectivity index (χ3v) is 3.48. The molecule has 0 radical (unpaired) electrons. The summed E-state index contributed by atoms with van der Waals surface area (Å²) >= 11 is 12.0. The van der Waals surface area contributed by atoms with E-state index in [-0.39, 0.29) is 0 Å². The van der Waals surface area contributed by atoms with Gasteiger partial charge in [-0.15, -0.1) is 5.10 Å². The van der Waals surface area contributed by atoms with Crippen LogP contribution in [0.4, 0.5) is 0 Å². The van der Waals surface area contributed by atoms with Crippen molar-refractivity contribution in [3.05, 3.63) is 52.1 Å². The Balaban J connectivity index is 2.10. The van der Waals surface area contributed by atoms with Crippen molar-refractivity contribution in [3.8, 4) is 11.4 Å². The number of hydrogen-bond acceptors (Lipinski definition) is 4. The summed E-state index contributed by atoms with van der Waals surface area (Å²) in [6, 6.07) is 8.31. The van der Waals surface area contributed by atoms with Gasteiger partial charge >= 0.3 is 5.97 Å². The Labute approximate surface area is 130 Å². The molecule has 7 heteroatoms. The number of pyridine rings is 1. The molecule has 0 amide bonds. The van der Waals surface area contributed by atoms with Gasteiger partial charge in [-0.25, -0.2) is 14.3 Å². The minimum absolute atomic E-state index is 0.408. The Kier molecular flexibility index (Phi) is 3.53. The summed E-state index contributed by atoms with van der Waals surface area (Å²) in [4.78, 5) is 15.9. The SMILES string of the molecule is COC(=O)c1ccn2nc(-c3ccc(Cl)cc3Cl)nc2c1. The third-order valence-electron chi connectivity index (χ3n) is 2.93. The topological polar surface area (TPSA) is 56.5 Å². The molecule has 0 N–H and O–H groups in total. The van der Waals surface area contributed by atoms with Crippen molar-refractivity contribution in [1.82, 2.24) is 14.6 Å². The Hall–Kier alpha value is -2.11. The fraction of sp³-hybridized carbons (Fsp3) is 0.0714. The Morgan fingerprint density at radius 2 is 2.05 bits per heavy atom. The van der Waals surface area contributed by atoms with Gasteiger partial charge < -0.3 is 4.74 Å². The second-order valence-electron chi connectivity index (χ2n) is 4.27. The maximum absolute atomic E-state index is 11.5. The molecule has 0 unspecified atom stereocenters. The molecule has 0 fully saturated rings. The maximum Gasteiger partial charge on any atom is 0.338 e. The number of aromatic nitrogens is 3. The van der Waals surface area contributed by atoms with Crippen LogP contribution in [-0.4, -0.2) is 27.7 Å². The predicted molar refractivity (Wildman–Crippen MR) is 79.8 cm³/mol. The summed E-state index contributed by atoms with van der Waals surface area (Å²) in [5, 5.41) is 5.33. The molecule has 106 valence electrons. The van der Waals surface area contributed by atoms with E-state index in [9.17, 15) is 4.79 Å². The van der Waals surface area contributed by atoms with Crippen LogP contribution < -0.4 is 0 Å². The van der Waals surface area contributed by atoms with Gasteiger partial charge in [0.2, 0.25) is 0 Å². The first-order valence-corrected chi connectivity index (χ1v) is 6.74. The molecule has 2 heterocycles. The van der Waals surface area contributed by atoms with Gasteiger partial charge in [-0.3, -0.25) is 0 Å². The van der Waals surface area contributed by atoms with Crippen LogP contribution in [0.3, 0.4) is 0 Å². The third kappa shape index (κ3) is 2.57. The molecular formula is C14H9Cl2N3O2. The highest BCUT2D eigenvalue weighted by Crippen LogP contribution is 2.28. The van der Waals surface area contributed by atoms with Crippen LogP contribution in [0.25, 0.3) is 17.0 Å². The lowest BCUT2D eigenvalue weighted by Gasteiger charge is -1.98. The van der Waals surface area contributed by atoms with Crippen molar-refractivity contribution in [2.45, 2.75) is 0 Å². The van der Waals surface area contributed by atoms with Gasteiger partial charge in [-0.05, 0) is 30.3 Å². The van der Waals surface area contributed by atoms with E-state index in [0.717, 1.165) is 0 Å². The highest BCUT2D eigenvalue weighted by Gasteiger charge is 2.12. The zero-order valence-corrected chi connectivity index (χ0v) is 12.4. The number of halogens is 2. The number of fused-ring (bicyclic) bond motifs is 1. The Morgan fingerprint density at radius 1 is 1.24 bits per heavy atom. The number of methoxy groups -OCH3 is 1. The molecule has 5 nitrogen and oxygen atoms in total. The number of esters is 1. The van der Waals surface area contributed by atoms with Gasteiger partial charge in [-0.2, -0.15) is 0 Å². The van der Waals surface area contributed by atoms with E-state index in [0.29, 0.717) is 32.6 Å². The number of nitrogens with zero attached hydrogens (tertiary/aromatic N) is 3. The molecule has 21 heavy (non-hydrogen) atoms. The minimum atomic E-state index is -0.424. The molecule has 2 aromatic heterocycles. The molecule has 3 rings (SSSR count). The molecular weight excluding hydrogens is 313 g/mol. The van der Waals surface area contributed by atoms with Gasteiger partial charge in [0.25, 0.3) is 0 Å². The highest BCUT2D eigenvalue weighted by atomic mass is 35.5. The molecule has 0 saturated heterocycles. The molecule has 0 saturated carbocycles. The molecule has 3 aromatic rings. The first-order valence-electron chi connectivity index (χ1n) is 5.98. The monoisotopic (exact) mass is 321 g/mol. The summed E-state index contributed by atoms with van der Waals surface area (Å²) in [6.07, 6.45) is 1.64. The average Bonchev–Trinajstić information content (AvgIpc) is 2.88. The van der Waals surface area contributed by atoms with E-state index in [1.54, 1.807) is 41.0 Å². The second-order valence-corrected chi connectivity index (χ2v) is 5.11. The minimum Gasteiger partial charge on any atom is -0.465 e. The molecule has 0 spiro atoms. The molecule has 0 bridgehead atoms. The van der Waals surface area contributed by atoms with Crippen LogP contribution in [0.1, 0.15) is 10.4 Å². The van der Waals surface area contributed by atoms with Gasteiger partial charge in [0, 0.05) is 16.8 Å². The van der Waals surface area contributed by atoms with E-state index in [1.807, 2.05) is 0 Å². The highest BCUT2D eigenvalue weighted by molar-refractivity contribution is 6.36. The number of carbonyl (C=O) groups is 1. The summed E-state index contributed by atoms with van der Waals surface area (Å²) in [5.74, 6) is 0.0326. The Bertz CT molecular complexity index is 845. The largest absolute Gasteiger partial charge is 0.465 e. The molecule has 0 aliphatic carbocycles. The first kappa shape index (κ1) is 13.9. The number of hydrogen-bond donors (Lipinski definition) is 0. The van der Waals surface area contributed by atoms with Crippen LogP contribution in [0.2, 0.25) is 10.0 Å². The fourth-order valence-corrected chi connectivity index (χ4v) is 2.40. The van der Waals surface area contributed by atoms with Gasteiger partial charge in [0.05, 0.1) is 17.7 Å². The standard InChI is InChI=1S/C14H9Cl2N3O2/c1-21-14(20)8-4-5-19-12(6-8)17-13(18-19)10-3-2-9(15)7-11(10)16/h2-7H,1H3. The van der Waals surface area contributed by atoms with Crippen LogP contribution in [0.15, 0.2) is 36.5 Å². The quantitative estimate of drug-likeness (QED) is 0.678. The van der Waals surface area contributed by atoms with Crippen molar-refractivity contribution in [1.29, 1.82) is 0 Å². The lowest BCUT2D eigenvalue weighted by molar-refractivity contribution is 0.0600. The number of benzene rings is 1. The first-order chi connectivity index (χ1) is 10.1. The Morgan fingerprint density at radius 3 is 2.76 bits per heavy atom. The van der Waals surface area contributed by atoms with Crippen LogP contribution in [0.5, 0.6) is 0 Å². The molecule has 0 atom stereocenters. The van der Waals surface area contributed by atoms with Crippen molar-refractivity contribution in [2.24, 2.45) is 0 Å². The zero-order chi connectivity index (χ0) is 15.0. The summed E-state index contributed by atoms with van der Waals surface area (Å²) < 4.78 is 6.24. The van der Waals surface area contributed by atoms with E-state index in [4.69, 9.17) is 23.2 Å². The lowest BCUT2D eigenvalue weighted by atomic mass is 10.2. The van der Waals surface area contributed by atoms with Crippen LogP contribution in [-0.2, 0) is 4.74 Å². The normalized spacial score (nSPS) is 10.8. The fourth-order valence-electron chi connectivity index (χ4n) is 1.91. The molecule has 0 aliphatic rings. The van der Waals surface area contributed by atoms with Crippen LogP contribution in [0, 0.1) is 0 Å². The van der Waals surface area contributed by atoms with E-state index >= 15 is 0 Å².